The lowest BCUT2D eigenvalue weighted by Gasteiger charge is -2.25. The van der Waals surface area contributed by atoms with Crippen molar-refractivity contribution in [3.63, 3.8) is 0 Å². The van der Waals surface area contributed by atoms with Crippen LogP contribution in [0.4, 0.5) is 0 Å². The van der Waals surface area contributed by atoms with Gasteiger partial charge in [0.2, 0.25) is 0 Å². The SMILES string of the molecule is COCCCN1C(=S)N[C@H](c2ccccn2)[C@@H]1c1ccc(C)o1. The molecule has 3 heterocycles. The summed E-state index contributed by atoms with van der Waals surface area (Å²) in [6.07, 6.45) is 2.71. The molecule has 122 valence electrons. The molecule has 1 aliphatic rings. The largest absolute Gasteiger partial charge is 0.464 e. The Bertz CT molecular complexity index is 659. The van der Waals surface area contributed by atoms with Crippen molar-refractivity contribution in [2.45, 2.75) is 25.4 Å². The van der Waals surface area contributed by atoms with Crippen molar-refractivity contribution in [2.24, 2.45) is 0 Å². The van der Waals surface area contributed by atoms with Crippen molar-refractivity contribution in [2.75, 3.05) is 20.3 Å². The minimum atomic E-state index is -0.0169. The predicted octanol–water partition coefficient (Wildman–Crippen LogP) is 2.99. The third kappa shape index (κ3) is 3.38. The third-order valence-electron chi connectivity index (χ3n) is 4.00. The van der Waals surface area contributed by atoms with E-state index in [4.69, 9.17) is 21.4 Å². The van der Waals surface area contributed by atoms with Crippen LogP contribution in [0.2, 0.25) is 0 Å². The van der Waals surface area contributed by atoms with Gasteiger partial charge in [-0.15, -0.1) is 0 Å². The monoisotopic (exact) mass is 331 g/mol. The maximum Gasteiger partial charge on any atom is 0.170 e. The molecule has 0 bridgehead atoms. The standard InChI is InChI=1S/C17H21N3O2S/c1-12-7-8-14(22-12)16-15(13-6-3-4-9-18-13)19-17(23)20(16)10-5-11-21-2/h3-4,6-9,15-16H,5,10-11H2,1-2H3,(H,19,23)/t15-,16+/m1/s1. The highest BCUT2D eigenvalue weighted by atomic mass is 32.1. The van der Waals surface area contributed by atoms with Crippen LogP contribution in [0.5, 0.6) is 0 Å². The number of nitrogens with zero attached hydrogens (tertiary/aromatic N) is 2. The first kappa shape index (κ1) is 16.0. The Morgan fingerprint density at radius 3 is 2.87 bits per heavy atom. The molecule has 2 atom stereocenters. The lowest BCUT2D eigenvalue weighted by atomic mass is 10.0. The molecule has 5 nitrogen and oxygen atoms in total. The molecule has 23 heavy (non-hydrogen) atoms. The van der Waals surface area contributed by atoms with Crippen LogP contribution < -0.4 is 5.32 Å². The first-order chi connectivity index (χ1) is 11.2. The minimum Gasteiger partial charge on any atom is -0.464 e. The molecule has 0 aliphatic carbocycles. The van der Waals surface area contributed by atoms with E-state index >= 15 is 0 Å². The van der Waals surface area contributed by atoms with Crippen molar-refractivity contribution >= 4 is 17.3 Å². The number of pyridine rings is 1. The topological polar surface area (TPSA) is 50.5 Å². The molecule has 2 aromatic rings. The maximum absolute atomic E-state index is 5.90. The summed E-state index contributed by atoms with van der Waals surface area (Å²) in [5.41, 5.74) is 0.961. The zero-order valence-corrected chi connectivity index (χ0v) is 14.2. The number of rotatable bonds is 6. The van der Waals surface area contributed by atoms with E-state index in [1.165, 1.54) is 0 Å². The van der Waals surface area contributed by atoms with Gasteiger partial charge < -0.3 is 19.4 Å². The van der Waals surface area contributed by atoms with Gasteiger partial charge in [0.1, 0.15) is 17.6 Å². The molecule has 0 unspecified atom stereocenters. The van der Waals surface area contributed by atoms with Crippen LogP contribution in [0.25, 0.3) is 0 Å². The van der Waals surface area contributed by atoms with E-state index in [1.807, 2.05) is 37.3 Å². The number of ether oxygens (including phenoxy) is 1. The summed E-state index contributed by atoms with van der Waals surface area (Å²) < 4.78 is 11.1. The maximum atomic E-state index is 5.90. The summed E-state index contributed by atoms with van der Waals surface area (Å²) in [5.74, 6) is 1.80. The minimum absolute atomic E-state index is 0.00274. The summed E-state index contributed by atoms with van der Waals surface area (Å²) >= 11 is 5.56. The highest BCUT2D eigenvalue weighted by molar-refractivity contribution is 7.80. The zero-order chi connectivity index (χ0) is 16.2. The highest BCUT2D eigenvalue weighted by Gasteiger charge is 2.41. The molecule has 0 spiro atoms. The lowest BCUT2D eigenvalue weighted by molar-refractivity contribution is 0.177. The van der Waals surface area contributed by atoms with Crippen molar-refractivity contribution < 1.29 is 9.15 Å². The Morgan fingerprint density at radius 1 is 1.35 bits per heavy atom. The number of methoxy groups -OCH3 is 1. The second-order valence-electron chi connectivity index (χ2n) is 5.61. The molecular weight excluding hydrogens is 310 g/mol. The second kappa shape index (κ2) is 7.10. The van der Waals surface area contributed by atoms with Gasteiger partial charge in [0.15, 0.2) is 5.11 Å². The van der Waals surface area contributed by atoms with Crippen molar-refractivity contribution in [1.29, 1.82) is 0 Å². The van der Waals surface area contributed by atoms with E-state index in [9.17, 15) is 0 Å². The lowest BCUT2D eigenvalue weighted by Crippen LogP contribution is -2.31. The third-order valence-corrected chi connectivity index (χ3v) is 4.35. The summed E-state index contributed by atoms with van der Waals surface area (Å²) in [7, 11) is 1.71. The molecular formula is C17H21N3O2S. The zero-order valence-electron chi connectivity index (χ0n) is 13.4. The number of thiocarbonyl (C=S) groups is 1. The van der Waals surface area contributed by atoms with Gasteiger partial charge in [-0.1, -0.05) is 6.07 Å². The van der Waals surface area contributed by atoms with Crippen LogP contribution in [0.1, 0.15) is 35.7 Å². The number of furan rings is 1. The highest BCUT2D eigenvalue weighted by Crippen LogP contribution is 2.39. The molecule has 1 fully saturated rings. The van der Waals surface area contributed by atoms with Crippen LogP contribution in [-0.4, -0.2) is 35.3 Å². The van der Waals surface area contributed by atoms with Gasteiger partial charge in [0.25, 0.3) is 0 Å². The average Bonchev–Trinajstić information content (AvgIpc) is 3.12. The molecule has 0 radical (unpaired) electrons. The smallest absolute Gasteiger partial charge is 0.170 e. The molecule has 0 amide bonds. The molecule has 3 rings (SSSR count). The second-order valence-corrected chi connectivity index (χ2v) is 6.00. The van der Waals surface area contributed by atoms with Crippen LogP contribution in [0, 0.1) is 6.92 Å². The van der Waals surface area contributed by atoms with Crippen molar-refractivity contribution in [3.8, 4) is 0 Å². The Hall–Kier alpha value is -1.92. The van der Waals surface area contributed by atoms with E-state index < -0.39 is 0 Å². The van der Waals surface area contributed by atoms with Gasteiger partial charge in [0, 0.05) is 26.5 Å². The molecule has 6 heteroatoms. The van der Waals surface area contributed by atoms with Gasteiger partial charge in [-0.25, -0.2) is 0 Å². The van der Waals surface area contributed by atoms with Gasteiger partial charge in [-0.3, -0.25) is 4.98 Å². The normalized spacial score (nSPS) is 20.8. The Morgan fingerprint density at radius 2 is 2.22 bits per heavy atom. The fraction of sp³-hybridized carbons (Fsp3) is 0.412. The van der Waals surface area contributed by atoms with E-state index in [1.54, 1.807) is 13.3 Å². The fourth-order valence-electron chi connectivity index (χ4n) is 2.95. The summed E-state index contributed by atoms with van der Waals surface area (Å²) in [4.78, 5) is 6.67. The number of nitrogens with one attached hydrogen (secondary N) is 1. The van der Waals surface area contributed by atoms with E-state index in [2.05, 4.69) is 15.2 Å². The molecule has 0 aromatic carbocycles. The van der Waals surface area contributed by atoms with Crippen LogP contribution in [0.15, 0.2) is 40.9 Å². The fourth-order valence-corrected chi connectivity index (χ4v) is 3.28. The average molecular weight is 331 g/mol. The number of hydrogen-bond acceptors (Lipinski definition) is 4. The quantitative estimate of drug-likeness (QED) is 0.649. The number of aryl methyl sites for hydroxylation is 1. The van der Waals surface area contributed by atoms with Crippen LogP contribution >= 0.6 is 12.2 Å². The summed E-state index contributed by atoms with van der Waals surface area (Å²) in [5, 5.41) is 4.13. The first-order valence-electron chi connectivity index (χ1n) is 7.74. The summed E-state index contributed by atoms with van der Waals surface area (Å²) in [6.45, 7) is 3.47. The predicted molar refractivity (Wildman–Crippen MR) is 92.1 cm³/mol. The molecule has 1 N–H and O–H groups in total. The summed E-state index contributed by atoms with van der Waals surface area (Å²) in [6, 6.07) is 9.92. The van der Waals surface area contributed by atoms with Gasteiger partial charge in [-0.2, -0.15) is 0 Å². The molecule has 1 saturated heterocycles. The van der Waals surface area contributed by atoms with E-state index in [0.29, 0.717) is 6.61 Å². The number of aromatic nitrogens is 1. The van der Waals surface area contributed by atoms with Crippen LogP contribution in [0.3, 0.4) is 0 Å². The number of hydrogen-bond donors (Lipinski definition) is 1. The van der Waals surface area contributed by atoms with Gasteiger partial charge in [0.05, 0.1) is 11.7 Å². The van der Waals surface area contributed by atoms with Crippen molar-refractivity contribution in [1.82, 2.24) is 15.2 Å². The van der Waals surface area contributed by atoms with E-state index in [0.717, 1.165) is 35.3 Å². The van der Waals surface area contributed by atoms with Crippen LogP contribution in [-0.2, 0) is 4.74 Å². The molecule has 0 saturated carbocycles. The molecule has 1 aliphatic heterocycles. The Labute approximate surface area is 141 Å². The Balaban J connectivity index is 1.91. The molecule has 2 aromatic heterocycles. The first-order valence-corrected chi connectivity index (χ1v) is 8.15. The Kier molecular flexibility index (Phi) is 4.93. The van der Waals surface area contributed by atoms with Crippen molar-refractivity contribution in [3.05, 3.63) is 53.7 Å². The van der Waals surface area contributed by atoms with E-state index in [-0.39, 0.29) is 12.1 Å². The van der Waals surface area contributed by atoms with Gasteiger partial charge >= 0.3 is 0 Å². The van der Waals surface area contributed by atoms with Gasteiger partial charge in [-0.05, 0) is 49.8 Å².